The van der Waals surface area contributed by atoms with Gasteiger partial charge < -0.3 is 10.3 Å². The SMILES string of the molecule is CCN(CC)Cc1ccccc1CNC(=O)c1cc(Br)c[nH]1. The van der Waals surface area contributed by atoms with E-state index in [2.05, 4.69) is 57.1 Å². The molecule has 1 heterocycles. The molecule has 5 heteroatoms. The number of carbonyl (C=O) groups is 1. The summed E-state index contributed by atoms with van der Waals surface area (Å²) in [4.78, 5) is 17.4. The van der Waals surface area contributed by atoms with Crippen molar-refractivity contribution in [3.8, 4) is 0 Å². The van der Waals surface area contributed by atoms with Crippen molar-refractivity contribution >= 4 is 21.8 Å². The van der Waals surface area contributed by atoms with E-state index in [4.69, 9.17) is 0 Å². The zero-order valence-corrected chi connectivity index (χ0v) is 14.6. The molecule has 2 aromatic rings. The number of carbonyl (C=O) groups excluding carboxylic acids is 1. The number of rotatable bonds is 7. The molecule has 0 aliphatic heterocycles. The molecule has 22 heavy (non-hydrogen) atoms. The fraction of sp³-hybridized carbons (Fsp3) is 0.353. The van der Waals surface area contributed by atoms with E-state index in [1.165, 1.54) is 5.56 Å². The summed E-state index contributed by atoms with van der Waals surface area (Å²) in [6.45, 7) is 7.81. The van der Waals surface area contributed by atoms with Crippen LogP contribution < -0.4 is 5.32 Å². The Hall–Kier alpha value is -1.59. The van der Waals surface area contributed by atoms with E-state index >= 15 is 0 Å². The standard InChI is InChI=1S/C17H22BrN3O/c1-3-21(4-2)12-14-8-6-5-7-13(14)10-20-17(22)16-9-15(18)11-19-16/h5-9,11,19H,3-4,10,12H2,1-2H3,(H,20,22). The summed E-state index contributed by atoms with van der Waals surface area (Å²) in [7, 11) is 0. The van der Waals surface area contributed by atoms with E-state index < -0.39 is 0 Å². The third kappa shape index (κ3) is 4.45. The number of aromatic amines is 1. The summed E-state index contributed by atoms with van der Waals surface area (Å²) in [5.74, 6) is -0.0941. The van der Waals surface area contributed by atoms with Crippen LogP contribution >= 0.6 is 15.9 Å². The predicted molar refractivity (Wildman–Crippen MR) is 92.7 cm³/mol. The number of aromatic nitrogens is 1. The summed E-state index contributed by atoms with van der Waals surface area (Å²) >= 11 is 3.33. The highest BCUT2D eigenvalue weighted by molar-refractivity contribution is 9.10. The molecule has 1 aromatic heterocycles. The summed E-state index contributed by atoms with van der Waals surface area (Å²) in [5.41, 5.74) is 2.99. The molecular weight excluding hydrogens is 342 g/mol. The molecule has 2 N–H and O–H groups in total. The minimum Gasteiger partial charge on any atom is -0.356 e. The van der Waals surface area contributed by atoms with Gasteiger partial charge in [-0.05, 0) is 46.2 Å². The number of halogens is 1. The predicted octanol–water partition coefficient (Wildman–Crippen LogP) is 3.55. The molecule has 1 aromatic carbocycles. The molecule has 0 bridgehead atoms. The quantitative estimate of drug-likeness (QED) is 0.790. The first-order valence-corrected chi connectivity index (χ1v) is 8.34. The van der Waals surface area contributed by atoms with Gasteiger partial charge in [0.1, 0.15) is 5.69 Å². The summed E-state index contributed by atoms with van der Waals surface area (Å²) in [6.07, 6.45) is 1.75. The van der Waals surface area contributed by atoms with Gasteiger partial charge in [-0.25, -0.2) is 0 Å². The summed E-state index contributed by atoms with van der Waals surface area (Å²) < 4.78 is 0.875. The maximum atomic E-state index is 12.1. The molecule has 0 fully saturated rings. The molecule has 0 spiro atoms. The van der Waals surface area contributed by atoms with Gasteiger partial charge in [-0.2, -0.15) is 0 Å². The second-order valence-electron chi connectivity index (χ2n) is 5.14. The Morgan fingerprint density at radius 1 is 1.23 bits per heavy atom. The van der Waals surface area contributed by atoms with E-state index in [1.807, 2.05) is 12.1 Å². The minimum absolute atomic E-state index is 0.0941. The molecule has 0 aliphatic rings. The van der Waals surface area contributed by atoms with Gasteiger partial charge in [0.25, 0.3) is 5.91 Å². The Kier molecular flexibility index (Phi) is 6.21. The van der Waals surface area contributed by atoms with Crippen LogP contribution in [0.5, 0.6) is 0 Å². The van der Waals surface area contributed by atoms with Crippen molar-refractivity contribution in [2.45, 2.75) is 26.9 Å². The third-order valence-corrected chi connectivity index (χ3v) is 4.20. The first-order chi connectivity index (χ1) is 10.6. The van der Waals surface area contributed by atoms with E-state index in [-0.39, 0.29) is 5.91 Å². The lowest BCUT2D eigenvalue weighted by molar-refractivity contribution is 0.0946. The molecule has 118 valence electrons. The van der Waals surface area contributed by atoms with Gasteiger partial charge in [-0.15, -0.1) is 0 Å². The highest BCUT2D eigenvalue weighted by Gasteiger charge is 2.10. The largest absolute Gasteiger partial charge is 0.356 e. The van der Waals surface area contributed by atoms with Gasteiger partial charge in [0.2, 0.25) is 0 Å². The van der Waals surface area contributed by atoms with E-state index in [1.54, 1.807) is 12.3 Å². The molecule has 0 atom stereocenters. The third-order valence-electron chi connectivity index (χ3n) is 3.74. The van der Waals surface area contributed by atoms with Crippen LogP contribution in [0, 0.1) is 0 Å². The summed E-state index contributed by atoms with van der Waals surface area (Å²) in [5, 5.41) is 2.97. The molecule has 0 saturated heterocycles. The van der Waals surface area contributed by atoms with E-state index in [0.717, 1.165) is 29.7 Å². The van der Waals surface area contributed by atoms with Gasteiger partial charge in [0, 0.05) is 23.8 Å². The van der Waals surface area contributed by atoms with Crippen LogP contribution in [0.15, 0.2) is 41.0 Å². The second kappa shape index (κ2) is 8.15. The van der Waals surface area contributed by atoms with Crippen LogP contribution in [-0.2, 0) is 13.1 Å². The first kappa shape index (κ1) is 16.8. The number of nitrogens with zero attached hydrogens (tertiary/aromatic N) is 1. The molecule has 0 aliphatic carbocycles. The number of benzene rings is 1. The normalized spacial score (nSPS) is 10.9. The minimum atomic E-state index is -0.0941. The van der Waals surface area contributed by atoms with Crippen molar-refractivity contribution in [1.82, 2.24) is 15.2 Å². The van der Waals surface area contributed by atoms with Crippen molar-refractivity contribution in [2.75, 3.05) is 13.1 Å². The van der Waals surface area contributed by atoms with Crippen LogP contribution in [0.3, 0.4) is 0 Å². The number of hydrogen-bond acceptors (Lipinski definition) is 2. The molecular formula is C17H22BrN3O. The maximum Gasteiger partial charge on any atom is 0.267 e. The van der Waals surface area contributed by atoms with Crippen LogP contribution in [0.25, 0.3) is 0 Å². The van der Waals surface area contributed by atoms with Crippen molar-refractivity contribution in [3.05, 3.63) is 57.8 Å². The van der Waals surface area contributed by atoms with Crippen LogP contribution in [-0.4, -0.2) is 28.9 Å². The smallest absolute Gasteiger partial charge is 0.267 e. The molecule has 0 saturated carbocycles. The summed E-state index contributed by atoms with van der Waals surface area (Å²) in [6, 6.07) is 10.0. The maximum absolute atomic E-state index is 12.1. The topological polar surface area (TPSA) is 48.1 Å². The molecule has 1 amide bonds. The lowest BCUT2D eigenvalue weighted by Crippen LogP contribution is -2.26. The highest BCUT2D eigenvalue weighted by atomic mass is 79.9. The van der Waals surface area contributed by atoms with Crippen molar-refractivity contribution in [2.24, 2.45) is 0 Å². The van der Waals surface area contributed by atoms with Crippen LogP contribution in [0.2, 0.25) is 0 Å². The van der Waals surface area contributed by atoms with Crippen LogP contribution in [0.1, 0.15) is 35.5 Å². The lowest BCUT2D eigenvalue weighted by Gasteiger charge is -2.20. The van der Waals surface area contributed by atoms with E-state index in [9.17, 15) is 4.79 Å². The second-order valence-corrected chi connectivity index (χ2v) is 6.06. The fourth-order valence-corrected chi connectivity index (χ4v) is 2.69. The molecule has 4 nitrogen and oxygen atoms in total. The van der Waals surface area contributed by atoms with Crippen molar-refractivity contribution < 1.29 is 4.79 Å². The number of amides is 1. The van der Waals surface area contributed by atoms with E-state index in [0.29, 0.717) is 12.2 Å². The Morgan fingerprint density at radius 2 is 1.91 bits per heavy atom. The Bertz CT molecular complexity index is 620. The lowest BCUT2D eigenvalue weighted by atomic mass is 10.1. The zero-order valence-electron chi connectivity index (χ0n) is 13.0. The first-order valence-electron chi connectivity index (χ1n) is 7.55. The van der Waals surface area contributed by atoms with Gasteiger partial charge in [0.05, 0.1) is 0 Å². The number of H-pyrrole nitrogens is 1. The monoisotopic (exact) mass is 363 g/mol. The van der Waals surface area contributed by atoms with Gasteiger partial charge in [-0.1, -0.05) is 38.1 Å². The molecule has 0 radical (unpaired) electrons. The highest BCUT2D eigenvalue weighted by Crippen LogP contribution is 2.13. The van der Waals surface area contributed by atoms with Crippen LogP contribution in [0.4, 0.5) is 0 Å². The van der Waals surface area contributed by atoms with Crippen molar-refractivity contribution in [3.63, 3.8) is 0 Å². The average Bonchev–Trinajstić information content (AvgIpc) is 2.97. The Labute approximate surface area is 140 Å². The van der Waals surface area contributed by atoms with Crippen molar-refractivity contribution in [1.29, 1.82) is 0 Å². The average molecular weight is 364 g/mol. The Morgan fingerprint density at radius 3 is 2.50 bits per heavy atom. The molecule has 2 rings (SSSR count). The van der Waals surface area contributed by atoms with Gasteiger partial charge >= 0.3 is 0 Å². The number of nitrogens with one attached hydrogen (secondary N) is 2. The Balaban J connectivity index is 2.02. The number of hydrogen-bond donors (Lipinski definition) is 2. The fourth-order valence-electron chi connectivity index (χ4n) is 2.34. The van der Waals surface area contributed by atoms with Gasteiger partial charge in [-0.3, -0.25) is 9.69 Å². The van der Waals surface area contributed by atoms with Gasteiger partial charge in [0.15, 0.2) is 0 Å². The zero-order chi connectivity index (χ0) is 15.9. The molecule has 0 unspecified atom stereocenters.